The summed E-state index contributed by atoms with van der Waals surface area (Å²) in [6.07, 6.45) is 1.19. The molecule has 6 heteroatoms. The van der Waals surface area contributed by atoms with Crippen LogP contribution in [0.2, 0.25) is 0 Å². The van der Waals surface area contributed by atoms with Crippen molar-refractivity contribution in [3.05, 3.63) is 77.6 Å². The molecule has 3 aromatic rings. The van der Waals surface area contributed by atoms with Crippen LogP contribution in [0.15, 0.2) is 60.8 Å². The fourth-order valence-corrected chi connectivity index (χ4v) is 3.20. The zero-order valence-electron chi connectivity index (χ0n) is 13.3. The monoisotopic (exact) mass is 335 g/mol. The number of carbonyl (C=O) groups is 1. The van der Waals surface area contributed by atoms with Crippen molar-refractivity contribution in [2.24, 2.45) is 0 Å². The average Bonchev–Trinajstić information content (AvgIpc) is 3.16. The lowest BCUT2D eigenvalue weighted by atomic mass is 10.1. The Hall–Kier alpha value is -3.12. The van der Waals surface area contributed by atoms with Gasteiger partial charge in [-0.1, -0.05) is 42.5 Å². The molecule has 1 aliphatic carbocycles. The predicted octanol–water partition coefficient (Wildman–Crippen LogP) is 1.97. The second-order valence-corrected chi connectivity index (χ2v) is 6.06. The minimum absolute atomic E-state index is 0.0690. The number of aromatic nitrogens is 2. The number of nitrogens with one attached hydrogen (secondary N) is 1. The molecule has 6 nitrogen and oxygen atoms in total. The van der Waals surface area contributed by atoms with E-state index in [0.29, 0.717) is 6.42 Å². The molecule has 4 rings (SSSR count). The molecule has 0 saturated carbocycles. The Bertz CT molecular complexity index is 921. The standard InChI is InChI=1S/C19H17N3O3/c23-15-10-12-6-4-5-9-14(12)17(15)20-19(25)18-16(24)11-22(21-18)13-7-2-1-3-8-13/h1-9,11,15,17,23-24H,10H2,(H,20,25). The van der Waals surface area contributed by atoms with Crippen LogP contribution in [0.3, 0.4) is 0 Å². The lowest BCUT2D eigenvalue weighted by Gasteiger charge is -2.17. The fourth-order valence-electron chi connectivity index (χ4n) is 3.20. The predicted molar refractivity (Wildman–Crippen MR) is 91.6 cm³/mol. The number of carbonyl (C=O) groups excluding carboxylic acids is 1. The fraction of sp³-hybridized carbons (Fsp3) is 0.158. The number of aromatic hydroxyl groups is 1. The van der Waals surface area contributed by atoms with Crippen molar-refractivity contribution >= 4 is 5.91 Å². The van der Waals surface area contributed by atoms with Gasteiger partial charge in [-0.2, -0.15) is 5.10 Å². The second kappa shape index (κ2) is 6.07. The van der Waals surface area contributed by atoms with Gasteiger partial charge in [-0.25, -0.2) is 4.68 Å². The summed E-state index contributed by atoms with van der Waals surface area (Å²) in [4.78, 5) is 12.6. The van der Waals surface area contributed by atoms with Crippen molar-refractivity contribution in [3.8, 4) is 11.4 Å². The molecule has 1 amide bonds. The number of fused-ring (bicyclic) bond motifs is 1. The summed E-state index contributed by atoms with van der Waals surface area (Å²) in [6.45, 7) is 0. The van der Waals surface area contributed by atoms with Crippen LogP contribution in [-0.4, -0.2) is 32.0 Å². The topological polar surface area (TPSA) is 87.4 Å². The van der Waals surface area contributed by atoms with Crippen LogP contribution in [-0.2, 0) is 6.42 Å². The first kappa shape index (κ1) is 15.4. The average molecular weight is 335 g/mol. The first-order chi connectivity index (χ1) is 12.1. The lowest BCUT2D eigenvalue weighted by molar-refractivity contribution is 0.0850. The summed E-state index contributed by atoms with van der Waals surface area (Å²) in [7, 11) is 0. The summed E-state index contributed by atoms with van der Waals surface area (Å²) < 4.78 is 1.45. The van der Waals surface area contributed by atoms with Crippen molar-refractivity contribution in [1.29, 1.82) is 0 Å². The van der Waals surface area contributed by atoms with Gasteiger partial charge in [-0.15, -0.1) is 0 Å². The van der Waals surface area contributed by atoms with Crippen LogP contribution in [0, 0.1) is 0 Å². The Labute approximate surface area is 144 Å². The molecule has 2 unspecified atom stereocenters. The van der Waals surface area contributed by atoms with Crippen LogP contribution in [0.25, 0.3) is 5.69 Å². The highest BCUT2D eigenvalue weighted by Crippen LogP contribution is 2.31. The first-order valence-electron chi connectivity index (χ1n) is 8.04. The molecule has 1 aliphatic rings. The molecule has 1 heterocycles. The Balaban J connectivity index is 1.59. The van der Waals surface area contributed by atoms with Gasteiger partial charge >= 0.3 is 0 Å². The molecule has 0 radical (unpaired) electrons. The number of rotatable bonds is 3. The Kier molecular flexibility index (Phi) is 3.74. The number of aliphatic hydroxyl groups excluding tert-OH is 1. The SMILES string of the molecule is O=C(NC1c2ccccc2CC1O)c1nn(-c2ccccc2)cc1O. The van der Waals surface area contributed by atoms with E-state index in [-0.39, 0.29) is 11.4 Å². The normalized spacial score (nSPS) is 18.8. The molecular weight excluding hydrogens is 318 g/mol. The molecule has 2 atom stereocenters. The number of aliphatic hydroxyl groups is 1. The third-order valence-corrected chi connectivity index (χ3v) is 4.42. The third-order valence-electron chi connectivity index (χ3n) is 4.42. The van der Waals surface area contributed by atoms with Gasteiger partial charge in [0.1, 0.15) is 0 Å². The van der Waals surface area contributed by atoms with E-state index < -0.39 is 18.1 Å². The van der Waals surface area contributed by atoms with Gasteiger partial charge in [0, 0.05) is 6.42 Å². The van der Waals surface area contributed by atoms with E-state index in [4.69, 9.17) is 0 Å². The number of hydrogen-bond donors (Lipinski definition) is 3. The van der Waals surface area contributed by atoms with Crippen LogP contribution < -0.4 is 5.32 Å². The van der Waals surface area contributed by atoms with Gasteiger partial charge in [0.05, 0.1) is 24.0 Å². The van der Waals surface area contributed by atoms with Crippen LogP contribution >= 0.6 is 0 Å². The number of amides is 1. The largest absolute Gasteiger partial charge is 0.504 e. The van der Waals surface area contributed by atoms with E-state index in [1.807, 2.05) is 54.6 Å². The molecule has 25 heavy (non-hydrogen) atoms. The van der Waals surface area contributed by atoms with Gasteiger partial charge in [-0.3, -0.25) is 4.79 Å². The van der Waals surface area contributed by atoms with Gasteiger partial charge in [0.2, 0.25) is 0 Å². The molecule has 0 spiro atoms. The minimum Gasteiger partial charge on any atom is -0.504 e. The molecular formula is C19H17N3O3. The highest BCUT2D eigenvalue weighted by Gasteiger charge is 2.33. The molecule has 0 bridgehead atoms. The van der Waals surface area contributed by atoms with Crippen LogP contribution in [0.1, 0.15) is 27.7 Å². The quantitative estimate of drug-likeness (QED) is 0.683. The number of nitrogens with zero attached hydrogens (tertiary/aromatic N) is 2. The molecule has 0 saturated heterocycles. The summed E-state index contributed by atoms with van der Waals surface area (Å²) in [5.41, 5.74) is 2.58. The highest BCUT2D eigenvalue weighted by molar-refractivity contribution is 5.95. The smallest absolute Gasteiger partial charge is 0.276 e. The van der Waals surface area contributed by atoms with E-state index in [2.05, 4.69) is 10.4 Å². The second-order valence-electron chi connectivity index (χ2n) is 6.06. The van der Waals surface area contributed by atoms with E-state index in [9.17, 15) is 15.0 Å². The van der Waals surface area contributed by atoms with E-state index >= 15 is 0 Å². The van der Waals surface area contributed by atoms with E-state index in [0.717, 1.165) is 16.8 Å². The lowest BCUT2D eigenvalue weighted by Crippen LogP contribution is -2.34. The Morgan fingerprint density at radius 3 is 2.64 bits per heavy atom. The molecule has 3 N–H and O–H groups in total. The summed E-state index contributed by atoms with van der Waals surface area (Å²) in [5.74, 6) is -0.727. The number of benzene rings is 2. The van der Waals surface area contributed by atoms with Gasteiger partial charge in [-0.05, 0) is 23.3 Å². The minimum atomic E-state index is -0.695. The number of para-hydroxylation sites is 1. The van der Waals surface area contributed by atoms with Crippen molar-refractivity contribution in [1.82, 2.24) is 15.1 Å². The van der Waals surface area contributed by atoms with Crippen molar-refractivity contribution in [3.63, 3.8) is 0 Å². The van der Waals surface area contributed by atoms with E-state index in [1.165, 1.54) is 10.9 Å². The third kappa shape index (κ3) is 2.77. The van der Waals surface area contributed by atoms with Crippen molar-refractivity contribution in [2.75, 3.05) is 0 Å². The Morgan fingerprint density at radius 1 is 1.12 bits per heavy atom. The maximum absolute atomic E-state index is 12.6. The van der Waals surface area contributed by atoms with E-state index in [1.54, 1.807) is 0 Å². The zero-order chi connectivity index (χ0) is 17.4. The maximum Gasteiger partial charge on any atom is 0.276 e. The Morgan fingerprint density at radius 2 is 1.84 bits per heavy atom. The molecule has 0 fully saturated rings. The zero-order valence-corrected chi connectivity index (χ0v) is 13.3. The molecule has 126 valence electrons. The van der Waals surface area contributed by atoms with Crippen molar-refractivity contribution < 1.29 is 15.0 Å². The summed E-state index contributed by atoms with van der Waals surface area (Å²) in [5, 5.41) is 27.3. The van der Waals surface area contributed by atoms with Gasteiger partial charge in [0.25, 0.3) is 5.91 Å². The number of hydrogen-bond acceptors (Lipinski definition) is 4. The molecule has 1 aromatic heterocycles. The highest BCUT2D eigenvalue weighted by atomic mass is 16.3. The van der Waals surface area contributed by atoms with Crippen molar-refractivity contribution in [2.45, 2.75) is 18.6 Å². The summed E-state index contributed by atoms with van der Waals surface area (Å²) in [6, 6.07) is 16.3. The molecule has 0 aliphatic heterocycles. The van der Waals surface area contributed by atoms with Crippen LogP contribution in [0.5, 0.6) is 5.75 Å². The molecule has 2 aromatic carbocycles. The first-order valence-corrected chi connectivity index (χ1v) is 8.04. The summed E-state index contributed by atoms with van der Waals surface area (Å²) >= 11 is 0. The van der Waals surface area contributed by atoms with Gasteiger partial charge in [0.15, 0.2) is 11.4 Å². The van der Waals surface area contributed by atoms with Crippen LogP contribution in [0.4, 0.5) is 0 Å². The maximum atomic E-state index is 12.6. The van der Waals surface area contributed by atoms with Gasteiger partial charge < -0.3 is 15.5 Å².